The van der Waals surface area contributed by atoms with Crippen LogP contribution in [0.25, 0.3) is 0 Å². The topological polar surface area (TPSA) is 27.6 Å². The van der Waals surface area contributed by atoms with Gasteiger partial charge in [-0.2, -0.15) is 0 Å². The highest BCUT2D eigenvalue weighted by Gasteiger charge is 2.11. The van der Waals surface area contributed by atoms with E-state index < -0.39 is 6.30 Å². The lowest BCUT2D eigenvalue weighted by molar-refractivity contribution is 0.271. The molecule has 0 spiro atoms. The summed E-state index contributed by atoms with van der Waals surface area (Å²) >= 11 is 0. The number of rotatable bonds is 4. The molecule has 15 heavy (non-hydrogen) atoms. The Labute approximate surface area is 91.1 Å². The molecule has 0 aromatic heterocycles. The first kappa shape index (κ1) is 12.3. The van der Waals surface area contributed by atoms with E-state index in [1.54, 1.807) is 0 Å². The molecule has 0 saturated carbocycles. The van der Waals surface area contributed by atoms with Crippen LogP contribution in [0.5, 0.6) is 0 Å². The van der Waals surface area contributed by atoms with Crippen LogP contribution in [0.2, 0.25) is 0 Å². The Balaban J connectivity index is 2.49. The molecule has 1 N–H and O–H groups in total. The summed E-state index contributed by atoms with van der Waals surface area (Å²) in [6.45, 7) is 8.18. The second-order valence-corrected chi connectivity index (χ2v) is 3.72. The van der Waals surface area contributed by atoms with Crippen molar-refractivity contribution >= 4 is 5.71 Å². The van der Waals surface area contributed by atoms with Crippen molar-refractivity contribution in [2.24, 2.45) is 4.99 Å². The van der Waals surface area contributed by atoms with Crippen LogP contribution in [0.1, 0.15) is 13.8 Å². The minimum absolute atomic E-state index is 0.750. The fourth-order valence-corrected chi connectivity index (χ4v) is 1.66. The molecule has 1 rings (SSSR count). The number of nitrogens with zero attached hydrogens (tertiary/aromatic N) is 2. The number of piperazine rings is 1. The first-order valence-electron chi connectivity index (χ1n) is 5.49. The number of nitrogens with one attached hydrogen (secondary N) is 1. The Morgan fingerprint density at radius 2 is 2.20 bits per heavy atom. The van der Waals surface area contributed by atoms with Crippen LogP contribution in [-0.4, -0.2) is 49.6 Å². The third kappa shape index (κ3) is 5.04. The fourth-order valence-electron chi connectivity index (χ4n) is 1.66. The monoisotopic (exact) mass is 213 g/mol. The zero-order valence-corrected chi connectivity index (χ0v) is 9.54. The summed E-state index contributed by atoms with van der Waals surface area (Å²) in [5.74, 6) is 0. The van der Waals surface area contributed by atoms with E-state index in [2.05, 4.69) is 15.2 Å². The molecule has 0 bridgehead atoms. The average molecular weight is 213 g/mol. The van der Waals surface area contributed by atoms with Gasteiger partial charge in [0.25, 0.3) is 0 Å². The number of hydrogen-bond donors (Lipinski definition) is 1. The summed E-state index contributed by atoms with van der Waals surface area (Å²) in [6, 6.07) is 0. The van der Waals surface area contributed by atoms with Gasteiger partial charge in [0.1, 0.15) is 0 Å². The van der Waals surface area contributed by atoms with Crippen molar-refractivity contribution in [2.75, 3.05) is 32.7 Å². The molecule has 1 fully saturated rings. The van der Waals surface area contributed by atoms with Crippen LogP contribution in [0.3, 0.4) is 0 Å². The van der Waals surface area contributed by atoms with E-state index in [-0.39, 0.29) is 0 Å². The van der Waals surface area contributed by atoms with Crippen molar-refractivity contribution in [1.29, 1.82) is 0 Å². The Morgan fingerprint density at radius 1 is 1.53 bits per heavy atom. The quantitative estimate of drug-likeness (QED) is 0.562. The largest absolute Gasteiger partial charge is 0.314 e. The molecule has 1 atom stereocenters. The highest BCUT2D eigenvalue weighted by molar-refractivity contribution is 5.96. The van der Waals surface area contributed by atoms with Gasteiger partial charge in [0.05, 0.1) is 5.71 Å². The van der Waals surface area contributed by atoms with Gasteiger partial charge in [-0.3, -0.25) is 9.89 Å². The number of halogens is 1. The van der Waals surface area contributed by atoms with Gasteiger partial charge < -0.3 is 5.32 Å². The van der Waals surface area contributed by atoms with E-state index in [0.717, 1.165) is 38.4 Å². The predicted molar refractivity (Wildman–Crippen MR) is 62.1 cm³/mol. The van der Waals surface area contributed by atoms with Gasteiger partial charge in [-0.1, -0.05) is 6.08 Å². The van der Waals surface area contributed by atoms with Crippen LogP contribution >= 0.6 is 0 Å². The lowest BCUT2D eigenvalue weighted by atomic mass is 10.2. The molecule has 0 aromatic rings. The molecule has 0 aromatic carbocycles. The minimum Gasteiger partial charge on any atom is -0.314 e. The molecule has 1 saturated heterocycles. The van der Waals surface area contributed by atoms with Crippen molar-refractivity contribution in [3.63, 3.8) is 0 Å². The number of aliphatic imine (C=N–C) groups is 1. The molecule has 0 aliphatic carbocycles. The minimum atomic E-state index is -1.11. The van der Waals surface area contributed by atoms with Gasteiger partial charge in [-0.05, 0) is 19.9 Å². The normalized spacial score (nSPS) is 22.2. The van der Waals surface area contributed by atoms with Crippen LogP contribution in [0.4, 0.5) is 4.39 Å². The van der Waals surface area contributed by atoms with Crippen LogP contribution in [-0.2, 0) is 0 Å². The van der Waals surface area contributed by atoms with E-state index in [9.17, 15) is 4.39 Å². The standard InChI is InChI=1S/C11H20FN3/c1-3-4-11(14-10(2)12)9-15-7-5-13-6-8-15/h3-4,10,13H,5-9H2,1-2H3/b4-3-,14-11?. The molecule has 0 radical (unpaired) electrons. The van der Waals surface area contributed by atoms with Crippen molar-refractivity contribution < 1.29 is 4.39 Å². The highest BCUT2D eigenvalue weighted by Crippen LogP contribution is 1.98. The molecule has 4 heteroatoms. The maximum absolute atomic E-state index is 12.8. The first-order chi connectivity index (χ1) is 7.22. The molecular weight excluding hydrogens is 193 g/mol. The highest BCUT2D eigenvalue weighted by atomic mass is 19.1. The lowest BCUT2D eigenvalue weighted by Gasteiger charge is -2.27. The van der Waals surface area contributed by atoms with Crippen molar-refractivity contribution in [1.82, 2.24) is 10.2 Å². The van der Waals surface area contributed by atoms with Gasteiger partial charge in [0.15, 0.2) is 6.30 Å². The zero-order chi connectivity index (χ0) is 11.1. The number of allylic oxidation sites excluding steroid dienone is 1. The molecule has 1 heterocycles. The predicted octanol–water partition coefficient (Wildman–Crippen LogP) is 1.22. The third-order valence-electron chi connectivity index (χ3n) is 2.30. The molecule has 86 valence electrons. The number of hydrogen-bond acceptors (Lipinski definition) is 3. The van der Waals surface area contributed by atoms with Crippen LogP contribution < -0.4 is 5.32 Å². The maximum Gasteiger partial charge on any atom is 0.187 e. The summed E-state index contributed by atoms with van der Waals surface area (Å²) in [4.78, 5) is 6.25. The van der Waals surface area contributed by atoms with E-state index in [1.807, 2.05) is 19.1 Å². The second-order valence-electron chi connectivity index (χ2n) is 3.72. The van der Waals surface area contributed by atoms with Gasteiger partial charge in [0, 0.05) is 32.7 Å². The SMILES string of the molecule is C/C=C\C(CN1CCNCC1)=NC(C)F. The average Bonchev–Trinajstić information content (AvgIpc) is 2.18. The van der Waals surface area contributed by atoms with E-state index in [1.165, 1.54) is 6.92 Å². The third-order valence-corrected chi connectivity index (χ3v) is 2.30. The lowest BCUT2D eigenvalue weighted by Crippen LogP contribution is -2.45. The number of alkyl halides is 1. The summed E-state index contributed by atoms with van der Waals surface area (Å²) in [6.07, 6.45) is 2.68. The molecule has 1 unspecified atom stereocenters. The van der Waals surface area contributed by atoms with E-state index >= 15 is 0 Å². The van der Waals surface area contributed by atoms with Crippen molar-refractivity contribution in [3.05, 3.63) is 12.2 Å². The van der Waals surface area contributed by atoms with Gasteiger partial charge in [-0.25, -0.2) is 4.39 Å². The zero-order valence-electron chi connectivity index (χ0n) is 9.54. The summed E-state index contributed by atoms with van der Waals surface area (Å²) in [5.41, 5.74) is 0.828. The van der Waals surface area contributed by atoms with Crippen LogP contribution in [0.15, 0.2) is 17.1 Å². The summed E-state index contributed by atoms with van der Waals surface area (Å²) in [7, 11) is 0. The maximum atomic E-state index is 12.8. The second kappa shape index (κ2) is 6.69. The Bertz CT molecular complexity index is 230. The molecular formula is C11H20FN3. The smallest absolute Gasteiger partial charge is 0.187 e. The van der Waals surface area contributed by atoms with E-state index in [4.69, 9.17) is 0 Å². The Morgan fingerprint density at radius 3 is 2.73 bits per heavy atom. The van der Waals surface area contributed by atoms with Crippen LogP contribution in [0, 0.1) is 0 Å². The molecule has 3 nitrogen and oxygen atoms in total. The van der Waals surface area contributed by atoms with Gasteiger partial charge in [-0.15, -0.1) is 0 Å². The summed E-state index contributed by atoms with van der Waals surface area (Å²) < 4.78 is 12.8. The van der Waals surface area contributed by atoms with Crippen molar-refractivity contribution in [3.8, 4) is 0 Å². The molecule has 0 amide bonds. The Hall–Kier alpha value is -0.740. The van der Waals surface area contributed by atoms with Crippen molar-refractivity contribution in [2.45, 2.75) is 20.1 Å². The summed E-state index contributed by atoms with van der Waals surface area (Å²) in [5, 5.41) is 3.29. The first-order valence-corrected chi connectivity index (χ1v) is 5.49. The Kier molecular flexibility index (Phi) is 5.50. The van der Waals surface area contributed by atoms with Gasteiger partial charge >= 0.3 is 0 Å². The molecule has 1 aliphatic rings. The molecule has 1 aliphatic heterocycles. The van der Waals surface area contributed by atoms with Gasteiger partial charge in [0.2, 0.25) is 0 Å². The fraction of sp³-hybridized carbons (Fsp3) is 0.727. The van der Waals surface area contributed by atoms with E-state index in [0.29, 0.717) is 0 Å².